The van der Waals surface area contributed by atoms with Crippen LogP contribution in [0.4, 0.5) is 4.79 Å². The van der Waals surface area contributed by atoms with Gasteiger partial charge in [-0.15, -0.1) is 0 Å². The van der Waals surface area contributed by atoms with E-state index in [0.29, 0.717) is 10.8 Å². The summed E-state index contributed by atoms with van der Waals surface area (Å²) >= 11 is 0. The molecule has 3 amide bonds. The number of hydroxylamine groups is 2. The molecule has 0 N–H and O–H groups in total. The van der Waals surface area contributed by atoms with E-state index in [1.165, 1.54) is 23.1 Å². The standard InChI is InChI=1S/C31H24N2O7/c1-18-26(30(36)40-33-28(34)24-13-7-8-14-25(24)29(33)35)15-19(39-18)16-32(2)31(37)38-17-27-22-11-5-3-9-20(22)21-10-4-6-12-23(21)27/h3-15,27H,16-17H2,1-2H3. The lowest BCUT2D eigenvalue weighted by atomic mass is 9.98. The molecule has 0 bridgehead atoms. The molecule has 1 aromatic heterocycles. The number of benzene rings is 3. The third-order valence-corrected chi connectivity index (χ3v) is 7.16. The summed E-state index contributed by atoms with van der Waals surface area (Å²) in [6.45, 7) is 1.75. The summed E-state index contributed by atoms with van der Waals surface area (Å²) in [6, 6.07) is 23.8. The van der Waals surface area contributed by atoms with Gasteiger partial charge in [0.1, 0.15) is 23.7 Å². The van der Waals surface area contributed by atoms with Gasteiger partial charge in [0.15, 0.2) is 0 Å². The van der Waals surface area contributed by atoms with Crippen LogP contribution in [0.1, 0.15) is 59.6 Å². The van der Waals surface area contributed by atoms with Crippen molar-refractivity contribution in [3.05, 3.63) is 118 Å². The fourth-order valence-electron chi connectivity index (χ4n) is 5.21. The molecule has 0 saturated heterocycles. The van der Waals surface area contributed by atoms with Gasteiger partial charge in [-0.25, -0.2) is 9.59 Å². The zero-order valence-corrected chi connectivity index (χ0v) is 21.7. The van der Waals surface area contributed by atoms with Gasteiger partial charge in [0.25, 0.3) is 11.8 Å². The zero-order chi connectivity index (χ0) is 28.0. The highest BCUT2D eigenvalue weighted by Gasteiger charge is 2.39. The van der Waals surface area contributed by atoms with Gasteiger partial charge in [-0.2, -0.15) is 0 Å². The molecule has 9 heteroatoms. The molecule has 0 spiro atoms. The van der Waals surface area contributed by atoms with Gasteiger partial charge in [-0.1, -0.05) is 65.7 Å². The SMILES string of the molecule is Cc1oc(CN(C)C(=O)OCC2c3ccccc3-c3ccccc32)cc1C(=O)ON1C(=O)c2ccccc2C1=O. The molecule has 2 aliphatic rings. The van der Waals surface area contributed by atoms with E-state index in [2.05, 4.69) is 12.1 Å². The Hall–Kier alpha value is -5.18. The van der Waals surface area contributed by atoms with E-state index < -0.39 is 23.9 Å². The van der Waals surface area contributed by atoms with Crippen LogP contribution in [0.15, 0.2) is 83.3 Å². The van der Waals surface area contributed by atoms with Gasteiger partial charge in [0.05, 0.1) is 17.7 Å². The molecular formula is C31H24N2O7. The van der Waals surface area contributed by atoms with Crippen molar-refractivity contribution >= 4 is 23.9 Å². The van der Waals surface area contributed by atoms with Crippen molar-refractivity contribution in [3.8, 4) is 11.1 Å². The summed E-state index contributed by atoms with van der Waals surface area (Å²) in [7, 11) is 1.56. The van der Waals surface area contributed by atoms with Crippen LogP contribution < -0.4 is 0 Å². The predicted octanol–water partition coefficient (Wildman–Crippen LogP) is 5.34. The normalized spacial score (nSPS) is 13.6. The molecule has 9 nitrogen and oxygen atoms in total. The maximum atomic E-state index is 12.9. The molecule has 0 radical (unpaired) electrons. The molecule has 0 saturated carbocycles. The van der Waals surface area contributed by atoms with Crippen molar-refractivity contribution < 1.29 is 33.2 Å². The van der Waals surface area contributed by atoms with Crippen LogP contribution >= 0.6 is 0 Å². The second-order valence-corrected chi connectivity index (χ2v) is 9.67. The number of hydrogen-bond acceptors (Lipinski definition) is 7. The quantitative estimate of drug-likeness (QED) is 0.306. The number of hydrogen-bond donors (Lipinski definition) is 0. The number of furan rings is 1. The van der Waals surface area contributed by atoms with Gasteiger partial charge < -0.3 is 18.9 Å². The second kappa shape index (κ2) is 9.85. The fraction of sp³-hybridized carbons (Fsp3) is 0.161. The van der Waals surface area contributed by atoms with Crippen molar-refractivity contribution in [3.63, 3.8) is 0 Å². The number of ether oxygens (including phenoxy) is 1. The molecule has 200 valence electrons. The Morgan fingerprint density at radius 3 is 1.95 bits per heavy atom. The minimum absolute atomic E-state index is 0.0256. The summed E-state index contributed by atoms with van der Waals surface area (Å²) in [5, 5.41) is 0.446. The fourth-order valence-corrected chi connectivity index (χ4v) is 5.21. The Bertz CT molecular complexity index is 1610. The van der Waals surface area contributed by atoms with Crippen LogP contribution in [0.2, 0.25) is 0 Å². The molecule has 6 rings (SSSR count). The van der Waals surface area contributed by atoms with Crippen molar-refractivity contribution in [2.24, 2.45) is 0 Å². The summed E-state index contributed by atoms with van der Waals surface area (Å²) < 4.78 is 11.3. The van der Waals surface area contributed by atoms with Crippen molar-refractivity contribution in [2.45, 2.75) is 19.4 Å². The van der Waals surface area contributed by atoms with E-state index in [0.717, 1.165) is 22.3 Å². The molecule has 3 aromatic carbocycles. The van der Waals surface area contributed by atoms with E-state index in [1.54, 1.807) is 26.1 Å². The minimum Gasteiger partial charge on any atom is -0.464 e. The Morgan fingerprint density at radius 2 is 1.38 bits per heavy atom. The van der Waals surface area contributed by atoms with Crippen LogP contribution in [-0.2, 0) is 16.1 Å². The molecule has 40 heavy (non-hydrogen) atoms. The highest BCUT2D eigenvalue weighted by Crippen LogP contribution is 2.44. The number of carbonyl (C=O) groups excluding carboxylic acids is 4. The van der Waals surface area contributed by atoms with Crippen molar-refractivity contribution in [1.29, 1.82) is 0 Å². The maximum Gasteiger partial charge on any atom is 0.409 e. The van der Waals surface area contributed by atoms with Gasteiger partial charge in [-0.3, -0.25) is 9.59 Å². The summed E-state index contributed by atoms with van der Waals surface area (Å²) in [5.41, 5.74) is 4.86. The number of carbonyl (C=O) groups is 4. The van der Waals surface area contributed by atoms with E-state index in [-0.39, 0.29) is 41.5 Å². The van der Waals surface area contributed by atoms with Gasteiger partial charge in [0, 0.05) is 13.0 Å². The lowest BCUT2D eigenvalue weighted by Crippen LogP contribution is -2.32. The number of aryl methyl sites for hydroxylation is 1. The lowest BCUT2D eigenvalue weighted by Gasteiger charge is -2.19. The molecule has 2 heterocycles. The first-order valence-corrected chi connectivity index (χ1v) is 12.7. The lowest BCUT2D eigenvalue weighted by molar-refractivity contribution is -0.0585. The van der Waals surface area contributed by atoms with Crippen LogP contribution in [0.25, 0.3) is 11.1 Å². The van der Waals surface area contributed by atoms with Crippen LogP contribution in [0.3, 0.4) is 0 Å². The first kappa shape index (κ1) is 25.1. The van der Waals surface area contributed by atoms with Crippen molar-refractivity contribution in [2.75, 3.05) is 13.7 Å². The largest absolute Gasteiger partial charge is 0.464 e. The first-order chi connectivity index (χ1) is 19.3. The second-order valence-electron chi connectivity index (χ2n) is 9.67. The van der Waals surface area contributed by atoms with Crippen LogP contribution in [-0.4, -0.2) is 47.5 Å². The molecule has 4 aromatic rings. The average Bonchev–Trinajstić information content (AvgIpc) is 3.57. The highest BCUT2D eigenvalue weighted by atomic mass is 16.7. The van der Waals surface area contributed by atoms with Crippen molar-refractivity contribution in [1.82, 2.24) is 9.96 Å². The molecule has 0 atom stereocenters. The topological polar surface area (TPSA) is 106 Å². The molecule has 1 aliphatic carbocycles. The Kier molecular flexibility index (Phi) is 6.18. The summed E-state index contributed by atoms with van der Waals surface area (Å²) in [5.74, 6) is -1.90. The smallest absolute Gasteiger partial charge is 0.409 e. The summed E-state index contributed by atoms with van der Waals surface area (Å²) in [6.07, 6.45) is -0.550. The maximum absolute atomic E-state index is 12.9. The monoisotopic (exact) mass is 536 g/mol. The summed E-state index contributed by atoms with van der Waals surface area (Å²) in [4.78, 5) is 57.2. The van der Waals surface area contributed by atoms with Crippen LogP contribution in [0.5, 0.6) is 0 Å². The Balaban J connectivity index is 1.09. The predicted molar refractivity (Wildman–Crippen MR) is 142 cm³/mol. The average molecular weight is 537 g/mol. The number of rotatable bonds is 6. The van der Waals surface area contributed by atoms with Gasteiger partial charge >= 0.3 is 12.1 Å². The Morgan fingerprint density at radius 1 is 0.850 bits per heavy atom. The van der Waals surface area contributed by atoms with E-state index in [9.17, 15) is 19.2 Å². The number of amides is 3. The number of nitrogens with zero attached hydrogens (tertiary/aromatic N) is 2. The third kappa shape index (κ3) is 4.21. The van der Waals surface area contributed by atoms with E-state index in [1.807, 2.05) is 36.4 Å². The molecular weight excluding hydrogens is 512 g/mol. The van der Waals surface area contributed by atoms with Gasteiger partial charge in [0.2, 0.25) is 0 Å². The van der Waals surface area contributed by atoms with Gasteiger partial charge in [-0.05, 0) is 47.4 Å². The van der Waals surface area contributed by atoms with Crippen LogP contribution in [0, 0.1) is 6.92 Å². The zero-order valence-electron chi connectivity index (χ0n) is 21.7. The Labute approximate surface area is 229 Å². The number of fused-ring (bicyclic) bond motifs is 4. The minimum atomic E-state index is -0.925. The molecule has 0 unspecified atom stereocenters. The molecule has 0 fully saturated rings. The highest BCUT2D eigenvalue weighted by molar-refractivity contribution is 6.21. The third-order valence-electron chi connectivity index (χ3n) is 7.16. The van der Waals surface area contributed by atoms with E-state index >= 15 is 0 Å². The number of imide groups is 1. The first-order valence-electron chi connectivity index (χ1n) is 12.7. The van der Waals surface area contributed by atoms with E-state index in [4.69, 9.17) is 14.0 Å². The molecule has 1 aliphatic heterocycles.